The Kier molecular flexibility index (Phi) is 4.33. The minimum Gasteiger partial charge on any atom is -0.378 e. The van der Waals surface area contributed by atoms with Crippen molar-refractivity contribution in [1.82, 2.24) is 15.1 Å². The third-order valence-corrected chi connectivity index (χ3v) is 5.10. The van der Waals surface area contributed by atoms with Crippen molar-refractivity contribution in [1.29, 1.82) is 0 Å². The maximum atomic E-state index is 12.5. The van der Waals surface area contributed by atoms with Gasteiger partial charge in [-0.1, -0.05) is 0 Å². The van der Waals surface area contributed by atoms with Crippen molar-refractivity contribution in [3.05, 3.63) is 0 Å². The number of ether oxygens (including phenoxy) is 1. The summed E-state index contributed by atoms with van der Waals surface area (Å²) in [5.74, 6) is 0.200. The molecule has 0 unspecified atom stereocenters. The van der Waals surface area contributed by atoms with Crippen LogP contribution >= 0.6 is 0 Å². The Labute approximate surface area is 125 Å². The van der Waals surface area contributed by atoms with Gasteiger partial charge in [-0.3, -0.25) is 4.79 Å². The number of urea groups is 1. The third kappa shape index (κ3) is 2.86. The molecule has 3 aliphatic rings. The van der Waals surface area contributed by atoms with Gasteiger partial charge < -0.3 is 19.9 Å². The van der Waals surface area contributed by atoms with Crippen molar-refractivity contribution < 1.29 is 14.3 Å². The van der Waals surface area contributed by atoms with Gasteiger partial charge in [-0.15, -0.1) is 0 Å². The molecule has 1 N–H and O–H groups in total. The van der Waals surface area contributed by atoms with Crippen LogP contribution in [0.5, 0.6) is 0 Å². The number of nitrogens with one attached hydrogen (secondary N) is 1. The van der Waals surface area contributed by atoms with Gasteiger partial charge in [0, 0.05) is 51.7 Å². The molecule has 3 heterocycles. The van der Waals surface area contributed by atoms with Crippen molar-refractivity contribution >= 4 is 11.9 Å². The summed E-state index contributed by atoms with van der Waals surface area (Å²) in [7, 11) is 1.68. The minimum atomic E-state index is -0.0251. The zero-order valence-electron chi connectivity index (χ0n) is 12.7. The van der Waals surface area contributed by atoms with Crippen molar-refractivity contribution in [2.45, 2.75) is 31.8 Å². The van der Waals surface area contributed by atoms with Gasteiger partial charge in [-0.25, -0.2) is 4.79 Å². The average Bonchev–Trinajstić information content (AvgIpc) is 3.06. The van der Waals surface area contributed by atoms with Crippen molar-refractivity contribution in [3.8, 4) is 0 Å². The summed E-state index contributed by atoms with van der Waals surface area (Å²) >= 11 is 0. The molecule has 21 heavy (non-hydrogen) atoms. The molecule has 0 aromatic rings. The predicted octanol–water partition coefficient (Wildman–Crippen LogP) is 0.675. The highest BCUT2D eigenvalue weighted by Crippen LogP contribution is 2.33. The van der Waals surface area contributed by atoms with Crippen LogP contribution < -0.4 is 5.32 Å². The van der Waals surface area contributed by atoms with Crippen LogP contribution in [-0.4, -0.2) is 67.7 Å². The number of nitrogens with zero attached hydrogens (tertiary/aromatic N) is 2. The third-order valence-electron chi connectivity index (χ3n) is 5.10. The van der Waals surface area contributed by atoms with Gasteiger partial charge in [0.05, 0.1) is 6.10 Å². The topological polar surface area (TPSA) is 61.9 Å². The van der Waals surface area contributed by atoms with E-state index in [2.05, 4.69) is 5.32 Å². The van der Waals surface area contributed by atoms with Gasteiger partial charge in [0.2, 0.25) is 5.91 Å². The van der Waals surface area contributed by atoms with E-state index in [1.807, 2.05) is 9.80 Å². The van der Waals surface area contributed by atoms with E-state index in [0.29, 0.717) is 13.2 Å². The second-order valence-corrected chi connectivity index (χ2v) is 6.29. The summed E-state index contributed by atoms with van der Waals surface area (Å²) in [4.78, 5) is 28.5. The van der Waals surface area contributed by atoms with Crippen LogP contribution in [0, 0.1) is 11.8 Å². The van der Waals surface area contributed by atoms with Gasteiger partial charge in [-0.05, 0) is 25.7 Å². The number of carbonyl (C=O) groups excluding carboxylic acids is 2. The summed E-state index contributed by atoms with van der Waals surface area (Å²) in [5, 5.41) is 2.76. The fourth-order valence-corrected chi connectivity index (χ4v) is 3.91. The van der Waals surface area contributed by atoms with Gasteiger partial charge in [0.15, 0.2) is 0 Å². The molecule has 0 saturated carbocycles. The van der Waals surface area contributed by atoms with Crippen LogP contribution in [-0.2, 0) is 9.53 Å². The number of hydrogen-bond donors (Lipinski definition) is 1. The maximum absolute atomic E-state index is 12.5. The fourth-order valence-electron chi connectivity index (χ4n) is 3.91. The van der Waals surface area contributed by atoms with E-state index in [0.717, 1.165) is 45.3 Å². The summed E-state index contributed by atoms with van der Waals surface area (Å²) in [5.41, 5.74) is 0. The lowest BCUT2D eigenvalue weighted by molar-refractivity contribution is -0.140. The van der Waals surface area contributed by atoms with E-state index >= 15 is 0 Å². The first kappa shape index (κ1) is 14.6. The molecule has 0 bridgehead atoms. The first-order chi connectivity index (χ1) is 10.2. The Hall–Kier alpha value is -1.30. The number of carbonyl (C=O) groups is 2. The molecule has 0 aromatic carbocycles. The van der Waals surface area contributed by atoms with E-state index in [4.69, 9.17) is 4.74 Å². The van der Waals surface area contributed by atoms with E-state index in [-0.39, 0.29) is 29.9 Å². The van der Waals surface area contributed by atoms with Crippen molar-refractivity contribution in [3.63, 3.8) is 0 Å². The number of likely N-dealkylation sites (tertiary alicyclic amines) is 2. The number of amides is 3. The molecule has 0 spiro atoms. The lowest BCUT2D eigenvalue weighted by atomic mass is 9.79. The normalized spacial score (nSPS) is 32.7. The van der Waals surface area contributed by atoms with Crippen LogP contribution in [0.15, 0.2) is 0 Å². The average molecular weight is 295 g/mol. The highest BCUT2D eigenvalue weighted by molar-refractivity contribution is 5.79. The van der Waals surface area contributed by atoms with Crippen molar-refractivity contribution in [2.24, 2.45) is 11.8 Å². The molecule has 6 nitrogen and oxygen atoms in total. The molecule has 3 atom stereocenters. The number of piperidine rings is 1. The van der Waals surface area contributed by atoms with Crippen molar-refractivity contribution in [2.75, 3.05) is 39.8 Å². The van der Waals surface area contributed by atoms with E-state index in [1.54, 1.807) is 7.05 Å². The Bertz CT molecular complexity index is 409. The van der Waals surface area contributed by atoms with Gasteiger partial charge in [-0.2, -0.15) is 0 Å². The van der Waals surface area contributed by atoms with Crippen LogP contribution in [0.3, 0.4) is 0 Å². The molecule has 0 radical (unpaired) electrons. The SMILES string of the molecule is CNC(=O)[C@@H]1CCO[C@@H]2CCN(C(=O)N3CCCC3)C[C@@H]21. The fraction of sp³-hybridized carbons (Fsp3) is 0.867. The van der Waals surface area contributed by atoms with E-state index in [9.17, 15) is 9.59 Å². The molecule has 0 aliphatic carbocycles. The highest BCUT2D eigenvalue weighted by atomic mass is 16.5. The van der Waals surface area contributed by atoms with Gasteiger partial charge in [0.25, 0.3) is 0 Å². The van der Waals surface area contributed by atoms with Crippen LogP contribution in [0.4, 0.5) is 4.79 Å². The largest absolute Gasteiger partial charge is 0.378 e. The van der Waals surface area contributed by atoms with Gasteiger partial charge in [0.1, 0.15) is 0 Å². The molecule has 3 fully saturated rings. The Balaban J connectivity index is 1.67. The summed E-state index contributed by atoms with van der Waals surface area (Å²) in [6, 6.07) is 0.146. The Morgan fingerprint density at radius 1 is 1.10 bits per heavy atom. The standard InChI is InChI=1S/C15H25N3O3/c1-16-14(19)11-5-9-21-13-4-8-18(10-12(11)13)15(20)17-6-2-3-7-17/h11-13H,2-10H2,1H3,(H,16,19)/t11-,12-,13-/m1/s1. The zero-order chi connectivity index (χ0) is 14.8. The van der Waals surface area contributed by atoms with Gasteiger partial charge >= 0.3 is 6.03 Å². The molecular formula is C15H25N3O3. The van der Waals surface area contributed by atoms with Crippen LogP contribution in [0.25, 0.3) is 0 Å². The molecule has 3 amide bonds. The number of hydrogen-bond acceptors (Lipinski definition) is 3. The van der Waals surface area contributed by atoms with Crippen LogP contribution in [0.2, 0.25) is 0 Å². The monoisotopic (exact) mass is 295 g/mol. The Morgan fingerprint density at radius 3 is 2.57 bits per heavy atom. The molecule has 3 rings (SSSR count). The molecule has 3 aliphatic heterocycles. The minimum absolute atomic E-state index is 0.0251. The Morgan fingerprint density at radius 2 is 1.86 bits per heavy atom. The smallest absolute Gasteiger partial charge is 0.320 e. The van der Waals surface area contributed by atoms with Crippen LogP contribution in [0.1, 0.15) is 25.7 Å². The number of rotatable bonds is 1. The molecule has 118 valence electrons. The lowest BCUT2D eigenvalue weighted by Crippen LogP contribution is -2.56. The molecule has 0 aromatic heterocycles. The lowest BCUT2D eigenvalue weighted by Gasteiger charge is -2.45. The first-order valence-electron chi connectivity index (χ1n) is 8.07. The zero-order valence-corrected chi connectivity index (χ0v) is 12.7. The second-order valence-electron chi connectivity index (χ2n) is 6.29. The summed E-state index contributed by atoms with van der Waals surface area (Å²) in [6.45, 7) is 3.80. The quantitative estimate of drug-likeness (QED) is 0.773. The number of fused-ring (bicyclic) bond motifs is 1. The molecule has 6 heteroatoms. The molecular weight excluding hydrogens is 270 g/mol. The second kappa shape index (κ2) is 6.22. The molecule has 3 saturated heterocycles. The summed E-state index contributed by atoms with van der Waals surface area (Å²) < 4.78 is 5.83. The first-order valence-corrected chi connectivity index (χ1v) is 8.07. The highest BCUT2D eigenvalue weighted by Gasteiger charge is 2.43. The van der Waals surface area contributed by atoms with E-state index < -0.39 is 0 Å². The van der Waals surface area contributed by atoms with E-state index in [1.165, 1.54) is 0 Å². The summed E-state index contributed by atoms with van der Waals surface area (Å²) in [6.07, 6.45) is 3.94. The predicted molar refractivity (Wildman–Crippen MR) is 77.8 cm³/mol. The maximum Gasteiger partial charge on any atom is 0.320 e.